The van der Waals surface area contributed by atoms with Crippen LogP contribution in [0.5, 0.6) is 0 Å². The summed E-state index contributed by atoms with van der Waals surface area (Å²) in [5.74, 6) is -0.108. The largest absolute Gasteiger partial charge is 0.312 e. The third-order valence-corrected chi connectivity index (χ3v) is 3.47. The van der Waals surface area contributed by atoms with Crippen LogP contribution >= 0.6 is 11.8 Å². The molecule has 1 aromatic carbocycles. The molecule has 18 heavy (non-hydrogen) atoms. The first-order chi connectivity index (χ1) is 8.66. The number of rotatable bonds is 5. The zero-order chi connectivity index (χ0) is 13.0. The Labute approximate surface area is 108 Å². The number of thioether (sulfide) groups is 1. The molecule has 0 bridgehead atoms. The van der Waals surface area contributed by atoms with E-state index in [2.05, 4.69) is 10.2 Å². The number of halogens is 1. The summed E-state index contributed by atoms with van der Waals surface area (Å²) in [7, 11) is 1.81. The van der Waals surface area contributed by atoms with Crippen LogP contribution in [0.3, 0.4) is 0 Å². The zero-order valence-corrected chi connectivity index (χ0v) is 10.7. The number of Topliss-reactive ketones (excluding diaryl/α,β-unsaturated/α-hetero) is 1. The number of hydrogen-bond donors (Lipinski definition) is 0. The minimum Gasteiger partial charge on any atom is -0.312 e. The van der Waals surface area contributed by atoms with E-state index in [0.29, 0.717) is 10.7 Å². The molecule has 0 aliphatic rings. The van der Waals surface area contributed by atoms with Crippen LogP contribution in [0, 0.1) is 5.82 Å². The molecule has 2 rings (SSSR count). The van der Waals surface area contributed by atoms with Gasteiger partial charge in [0.1, 0.15) is 17.9 Å². The SMILES string of the molecule is Cn1cnnc1SCC(=O)Cc1ccccc1F. The van der Waals surface area contributed by atoms with Gasteiger partial charge in [0.05, 0.1) is 5.75 Å². The molecule has 0 saturated carbocycles. The summed E-state index contributed by atoms with van der Waals surface area (Å²) in [5.41, 5.74) is 0.432. The predicted octanol–water partition coefficient (Wildman–Crippen LogP) is 1.86. The van der Waals surface area contributed by atoms with Crippen molar-refractivity contribution in [2.45, 2.75) is 11.6 Å². The number of carbonyl (C=O) groups excluding carboxylic acids is 1. The fraction of sp³-hybridized carbons (Fsp3) is 0.250. The molecule has 94 valence electrons. The molecule has 0 spiro atoms. The number of benzene rings is 1. The van der Waals surface area contributed by atoms with Crippen molar-refractivity contribution in [2.24, 2.45) is 7.05 Å². The standard InChI is InChI=1S/C12H12FN3OS/c1-16-8-14-15-12(16)18-7-10(17)6-9-4-2-3-5-11(9)13/h2-5,8H,6-7H2,1H3. The lowest BCUT2D eigenvalue weighted by atomic mass is 10.1. The van der Waals surface area contributed by atoms with Crippen molar-refractivity contribution in [3.05, 3.63) is 42.0 Å². The number of aromatic nitrogens is 3. The molecule has 0 saturated heterocycles. The second kappa shape index (κ2) is 5.77. The van der Waals surface area contributed by atoms with Gasteiger partial charge in [0.25, 0.3) is 0 Å². The van der Waals surface area contributed by atoms with E-state index in [4.69, 9.17) is 0 Å². The maximum absolute atomic E-state index is 13.3. The van der Waals surface area contributed by atoms with E-state index in [1.807, 2.05) is 7.05 Å². The molecule has 2 aromatic rings. The topological polar surface area (TPSA) is 47.8 Å². The summed E-state index contributed by atoms with van der Waals surface area (Å²) in [4.78, 5) is 11.7. The maximum Gasteiger partial charge on any atom is 0.191 e. The first-order valence-electron chi connectivity index (χ1n) is 5.38. The number of hydrogen-bond acceptors (Lipinski definition) is 4. The average Bonchev–Trinajstić information content (AvgIpc) is 2.75. The molecule has 6 heteroatoms. The first kappa shape index (κ1) is 12.8. The number of nitrogens with zero attached hydrogens (tertiary/aromatic N) is 3. The van der Waals surface area contributed by atoms with Crippen molar-refractivity contribution in [1.29, 1.82) is 0 Å². The fourth-order valence-electron chi connectivity index (χ4n) is 1.45. The van der Waals surface area contributed by atoms with E-state index in [1.54, 1.807) is 29.1 Å². The Balaban J connectivity index is 1.90. The van der Waals surface area contributed by atoms with Crippen molar-refractivity contribution in [2.75, 3.05) is 5.75 Å². The lowest BCUT2D eigenvalue weighted by molar-refractivity contribution is -0.116. The van der Waals surface area contributed by atoms with Gasteiger partial charge in [-0.05, 0) is 11.6 Å². The highest BCUT2D eigenvalue weighted by molar-refractivity contribution is 7.99. The highest BCUT2D eigenvalue weighted by Gasteiger charge is 2.10. The van der Waals surface area contributed by atoms with Crippen LogP contribution in [0.2, 0.25) is 0 Å². The zero-order valence-electron chi connectivity index (χ0n) is 9.84. The molecule has 0 aliphatic heterocycles. The van der Waals surface area contributed by atoms with Crippen LogP contribution in [0.4, 0.5) is 4.39 Å². The maximum atomic E-state index is 13.3. The second-order valence-corrected chi connectivity index (χ2v) is 4.76. The molecule has 4 nitrogen and oxygen atoms in total. The fourth-order valence-corrected chi connectivity index (χ4v) is 2.20. The Morgan fingerprint density at radius 3 is 2.89 bits per heavy atom. The summed E-state index contributed by atoms with van der Waals surface area (Å²) in [5, 5.41) is 8.26. The number of carbonyl (C=O) groups is 1. The van der Waals surface area contributed by atoms with Crippen molar-refractivity contribution in [3.8, 4) is 0 Å². The van der Waals surface area contributed by atoms with Crippen molar-refractivity contribution in [1.82, 2.24) is 14.8 Å². The molecule has 0 fully saturated rings. The molecular formula is C12H12FN3OS. The average molecular weight is 265 g/mol. The highest BCUT2D eigenvalue weighted by atomic mass is 32.2. The molecule has 0 atom stereocenters. The Hall–Kier alpha value is -1.69. The minimum atomic E-state index is -0.338. The van der Waals surface area contributed by atoms with Crippen LogP contribution < -0.4 is 0 Å². The van der Waals surface area contributed by atoms with Gasteiger partial charge in [0.15, 0.2) is 5.16 Å². The minimum absolute atomic E-state index is 0.0342. The van der Waals surface area contributed by atoms with Gasteiger partial charge < -0.3 is 4.57 Å². The van der Waals surface area contributed by atoms with Gasteiger partial charge in [0.2, 0.25) is 0 Å². The van der Waals surface area contributed by atoms with Gasteiger partial charge in [0, 0.05) is 13.5 Å². The summed E-state index contributed by atoms with van der Waals surface area (Å²) in [6.45, 7) is 0. The van der Waals surface area contributed by atoms with Gasteiger partial charge in [-0.15, -0.1) is 10.2 Å². The highest BCUT2D eigenvalue weighted by Crippen LogP contribution is 2.15. The van der Waals surface area contributed by atoms with Crippen LogP contribution in [0.25, 0.3) is 0 Å². The van der Waals surface area contributed by atoms with Gasteiger partial charge in [-0.2, -0.15) is 0 Å². The lowest BCUT2D eigenvalue weighted by Gasteiger charge is -2.02. The van der Waals surface area contributed by atoms with Crippen LogP contribution in [-0.4, -0.2) is 26.3 Å². The normalized spacial score (nSPS) is 10.6. The Bertz CT molecular complexity index is 556. The third-order valence-electron chi connectivity index (χ3n) is 2.38. The van der Waals surface area contributed by atoms with Crippen molar-refractivity contribution < 1.29 is 9.18 Å². The summed E-state index contributed by atoms with van der Waals surface area (Å²) >= 11 is 1.30. The molecule has 1 aromatic heterocycles. The third kappa shape index (κ3) is 3.16. The number of aryl methyl sites for hydroxylation is 1. The van der Waals surface area contributed by atoms with Gasteiger partial charge in [-0.3, -0.25) is 4.79 Å². The molecule has 0 aliphatic carbocycles. The second-order valence-electron chi connectivity index (χ2n) is 3.82. The summed E-state index contributed by atoms with van der Waals surface area (Å²) in [6.07, 6.45) is 1.68. The predicted molar refractivity (Wildman–Crippen MR) is 66.8 cm³/mol. The smallest absolute Gasteiger partial charge is 0.191 e. The molecule has 0 unspecified atom stereocenters. The molecule has 0 radical (unpaired) electrons. The van der Waals surface area contributed by atoms with Gasteiger partial charge in [-0.1, -0.05) is 30.0 Å². The molecule has 0 amide bonds. The van der Waals surface area contributed by atoms with Crippen LogP contribution in [0.1, 0.15) is 5.56 Å². The lowest BCUT2D eigenvalue weighted by Crippen LogP contribution is -2.07. The van der Waals surface area contributed by atoms with Crippen molar-refractivity contribution in [3.63, 3.8) is 0 Å². The van der Waals surface area contributed by atoms with Crippen molar-refractivity contribution >= 4 is 17.5 Å². The molecular weight excluding hydrogens is 253 g/mol. The Morgan fingerprint density at radius 2 is 2.22 bits per heavy atom. The van der Waals surface area contributed by atoms with E-state index < -0.39 is 0 Å². The Morgan fingerprint density at radius 1 is 1.44 bits per heavy atom. The van der Waals surface area contributed by atoms with Gasteiger partial charge in [-0.25, -0.2) is 4.39 Å². The monoisotopic (exact) mass is 265 g/mol. The molecule has 1 heterocycles. The van der Waals surface area contributed by atoms with E-state index in [9.17, 15) is 9.18 Å². The van der Waals surface area contributed by atoms with E-state index in [1.165, 1.54) is 17.8 Å². The van der Waals surface area contributed by atoms with Crippen LogP contribution in [0.15, 0.2) is 35.7 Å². The summed E-state index contributed by atoms with van der Waals surface area (Å²) in [6, 6.07) is 6.32. The van der Waals surface area contributed by atoms with E-state index in [0.717, 1.165) is 0 Å². The molecule has 0 N–H and O–H groups in total. The summed E-state index contributed by atoms with van der Waals surface area (Å²) < 4.78 is 15.1. The quantitative estimate of drug-likeness (QED) is 0.774. The van der Waals surface area contributed by atoms with E-state index >= 15 is 0 Å². The van der Waals surface area contributed by atoms with Gasteiger partial charge >= 0.3 is 0 Å². The Kier molecular flexibility index (Phi) is 4.09. The first-order valence-corrected chi connectivity index (χ1v) is 6.37. The van der Waals surface area contributed by atoms with E-state index in [-0.39, 0.29) is 23.8 Å². The van der Waals surface area contributed by atoms with Crippen LogP contribution in [-0.2, 0) is 18.3 Å². The number of ketones is 1.